The van der Waals surface area contributed by atoms with Crippen LogP contribution in [0.25, 0.3) is 11.0 Å². The van der Waals surface area contributed by atoms with Crippen LogP contribution in [0.1, 0.15) is 11.1 Å². The average Bonchev–Trinajstić information content (AvgIpc) is 3.00. The first-order valence-electron chi connectivity index (χ1n) is 6.91. The summed E-state index contributed by atoms with van der Waals surface area (Å²) < 4.78 is 108. The molecule has 0 aliphatic rings. The second-order valence-corrected chi connectivity index (χ2v) is 6.94. The minimum atomic E-state index is -5.11. The first kappa shape index (κ1) is 18.9. The molecule has 144 valence electrons. The molecule has 0 unspecified atom stereocenters. The third kappa shape index (κ3) is 3.82. The van der Waals surface area contributed by atoms with E-state index >= 15 is 0 Å². The molecule has 1 aromatic heterocycles. The van der Waals surface area contributed by atoms with Gasteiger partial charge in [0.2, 0.25) is 0 Å². The fraction of sp³-hybridized carbons (Fsp3) is 0.143. The van der Waals surface area contributed by atoms with Gasteiger partial charge in [0.05, 0.1) is 16.8 Å². The second-order valence-electron chi connectivity index (χ2n) is 5.29. The molecule has 0 saturated carbocycles. The topological polar surface area (TPSA) is 85.1 Å². The van der Waals surface area contributed by atoms with Crippen LogP contribution in [-0.2, 0) is 22.4 Å². The Kier molecular flexibility index (Phi) is 4.29. The van der Waals surface area contributed by atoms with E-state index in [-0.39, 0.29) is 29.2 Å². The molecule has 3 aromatic rings. The monoisotopic (exact) mass is 411 g/mol. The van der Waals surface area contributed by atoms with Crippen molar-refractivity contribution in [2.45, 2.75) is 17.2 Å². The molecule has 0 spiro atoms. The number of aromatic nitrogens is 2. The van der Waals surface area contributed by atoms with Crippen molar-refractivity contribution >= 4 is 26.7 Å². The number of hydrogen-bond donors (Lipinski definition) is 1. The van der Waals surface area contributed by atoms with E-state index in [0.29, 0.717) is 0 Å². The molecule has 27 heavy (non-hydrogen) atoms. The zero-order chi connectivity index (χ0) is 20.0. The molecule has 1 N–H and O–H groups in total. The van der Waals surface area contributed by atoms with Gasteiger partial charge in [-0.15, -0.1) is 0 Å². The number of halogens is 6. The quantitative estimate of drug-likeness (QED) is 0.657. The summed E-state index contributed by atoms with van der Waals surface area (Å²) in [6, 6.07) is 4.07. The SMILES string of the molecule is O=S(=O)(Nc1cc(C(F)(F)F)cc(C(F)(F)F)c1)c1cccc2nonc12. The summed E-state index contributed by atoms with van der Waals surface area (Å²) in [6.45, 7) is 0. The van der Waals surface area contributed by atoms with Gasteiger partial charge in [-0.25, -0.2) is 13.0 Å². The van der Waals surface area contributed by atoms with Gasteiger partial charge in [-0.1, -0.05) is 6.07 Å². The van der Waals surface area contributed by atoms with Crippen LogP contribution in [-0.4, -0.2) is 18.7 Å². The Morgan fingerprint density at radius 2 is 1.48 bits per heavy atom. The van der Waals surface area contributed by atoms with Crippen LogP contribution in [0.3, 0.4) is 0 Å². The molecule has 13 heteroatoms. The van der Waals surface area contributed by atoms with Crippen LogP contribution in [0.4, 0.5) is 32.0 Å². The van der Waals surface area contributed by atoms with E-state index in [1.807, 2.05) is 0 Å². The van der Waals surface area contributed by atoms with E-state index in [0.717, 1.165) is 6.07 Å². The second kappa shape index (κ2) is 6.11. The van der Waals surface area contributed by atoms with Crippen LogP contribution in [0.5, 0.6) is 0 Å². The summed E-state index contributed by atoms with van der Waals surface area (Å²) in [4.78, 5) is -0.521. The first-order valence-corrected chi connectivity index (χ1v) is 8.40. The molecular formula is C14H7F6N3O3S. The maximum absolute atomic E-state index is 12.9. The minimum absolute atomic E-state index is 0.0397. The van der Waals surface area contributed by atoms with Crippen molar-refractivity contribution in [3.63, 3.8) is 0 Å². The van der Waals surface area contributed by atoms with Crippen molar-refractivity contribution in [1.82, 2.24) is 10.3 Å². The fourth-order valence-corrected chi connectivity index (χ4v) is 3.41. The van der Waals surface area contributed by atoms with E-state index in [9.17, 15) is 34.8 Å². The number of anilines is 1. The lowest BCUT2D eigenvalue weighted by Gasteiger charge is -2.15. The lowest BCUT2D eigenvalue weighted by molar-refractivity contribution is -0.143. The van der Waals surface area contributed by atoms with Crippen LogP contribution in [0.15, 0.2) is 45.9 Å². The Morgan fingerprint density at radius 1 is 0.889 bits per heavy atom. The van der Waals surface area contributed by atoms with Crippen molar-refractivity contribution in [2.75, 3.05) is 4.72 Å². The summed E-state index contributed by atoms with van der Waals surface area (Å²) in [6.07, 6.45) is -10.2. The highest BCUT2D eigenvalue weighted by Crippen LogP contribution is 2.38. The van der Waals surface area contributed by atoms with Gasteiger partial charge in [0, 0.05) is 0 Å². The van der Waals surface area contributed by atoms with E-state index in [1.54, 1.807) is 4.72 Å². The molecule has 3 rings (SSSR count). The molecule has 6 nitrogen and oxygen atoms in total. The maximum atomic E-state index is 12.9. The zero-order valence-corrected chi connectivity index (χ0v) is 13.6. The Bertz CT molecular complexity index is 1070. The number of nitrogens with zero attached hydrogens (tertiary/aromatic N) is 2. The molecule has 0 atom stereocenters. The van der Waals surface area contributed by atoms with Crippen LogP contribution >= 0.6 is 0 Å². The molecule has 0 bridgehead atoms. The lowest BCUT2D eigenvalue weighted by atomic mass is 10.1. The van der Waals surface area contributed by atoms with Crippen molar-refractivity contribution in [1.29, 1.82) is 0 Å². The zero-order valence-electron chi connectivity index (χ0n) is 12.8. The number of benzene rings is 2. The van der Waals surface area contributed by atoms with Crippen molar-refractivity contribution in [3.05, 3.63) is 47.5 Å². The number of fused-ring (bicyclic) bond motifs is 1. The highest BCUT2D eigenvalue weighted by molar-refractivity contribution is 7.93. The summed E-state index contributed by atoms with van der Waals surface area (Å²) in [7, 11) is -4.58. The van der Waals surface area contributed by atoms with Gasteiger partial charge < -0.3 is 0 Å². The molecule has 0 aliphatic heterocycles. The van der Waals surface area contributed by atoms with E-state index in [1.165, 1.54) is 12.1 Å². The van der Waals surface area contributed by atoms with Gasteiger partial charge >= 0.3 is 12.4 Å². The largest absolute Gasteiger partial charge is 0.416 e. The highest BCUT2D eigenvalue weighted by atomic mass is 32.2. The first-order chi connectivity index (χ1) is 12.4. The van der Waals surface area contributed by atoms with E-state index < -0.39 is 44.1 Å². The number of hydrogen-bond acceptors (Lipinski definition) is 5. The lowest BCUT2D eigenvalue weighted by Crippen LogP contribution is -2.16. The Labute approximate surface area is 146 Å². The Hall–Kier alpha value is -2.83. The third-order valence-electron chi connectivity index (χ3n) is 3.38. The molecule has 0 radical (unpaired) electrons. The van der Waals surface area contributed by atoms with Gasteiger partial charge in [0.1, 0.15) is 10.4 Å². The molecule has 2 aromatic carbocycles. The highest BCUT2D eigenvalue weighted by Gasteiger charge is 2.37. The third-order valence-corrected chi connectivity index (χ3v) is 4.79. The number of alkyl halides is 6. The minimum Gasteiger partial charge on any atom is -0.280 e. The summed E-state index contributed by atoms with van der Waals surface area (Å²) in [5.41, 5.74) is -4.41. The molecule has 0 saturated heterocycles. The summed E-state index contributed by atoms with van der Waals surface area (Å²) in [5.74, 6) is 0. The van der Waals surface area contributed by atoms with Gasteiger partial charge in [0.25, 0.3) is 10.0 Å². The number of rotatable bonds is 3. The smallest absolute Gasteiger partial charge is 0.280 e. The average molecular weight is 411 g/mol. The Morgan fingerprint density at radius 3 is 2.04 bits per heavy atom. The van der Waals surface area contributed by atoms with Gasteiger partial charge in [-0.3, -0.25) is 4.72 Å². The standard InChI is InChI=1S/C14H7F6N3O3S/c15-13(16,17)7-4-8(14(18,19)20)6-9(5-7)23-27(24,25)11-3-1-2-10-12(11)22-26-21-10/h1-6,23H. The fourth-order valence-electron chi connectivity index (χ4n) is 2.22. The predicted octanol–water partition coefficient (Wildman–Crippen LogP) is 4.06. The van der Waals surface area contributed by atoms with Crippen LogP contribution in [0.2, 0.25) is 0 Å². The number of sulfonamides is 1. The summed E-state index contributed by atoms with van der Waals surface area (Å²) >= 11 is 0. The van der Waals surface area contributed by atoms with E-state index in [2.05, 4.69) is 14.9 Å². The Balaban J connectivity index is 2.10. The molecule has 1 heterocycles. The van der Waals surface area contributed by atoms with Crippen molar-refractivity contribution in [3.8, 4) is 0 Å². The normalized spacial score (nSPS) is 13.1. The van der Waals surface area contributed by atoms with Crippen molar-refractivity contribution < 1.29 is 39.4 Å². The van der Waals surface area contributed by atoms with Crippen LogP contribution < -0.4 is 4.72 Å². The predicted molar refractivity (Wildman–Crippen MR) is 79.1 cm³/mol. The molecular weight excluding hydrogens is 404 g/mol. The van der Waals surface area contributed by atoms with Gasteiger partial charge in [-0.05, 0) is 40.6 Å². The maximum Gasteiger partial charge on any atom is 0.416 e. The number of nitrogens with one attached hydrogen (secondary N) is 1. The van der Waals surface area contributed by atoms with E-state index in [4.69, 9.17) is 0 Å². The van der Waals surface area contributed by atoms with Crippen LogP contribution in [0, 0.1) is 0 Å². The molecule has 0 fully saturated rings. The molecule has 0 amide bonds. The molecule has 0 aliphatic carbocycles. The summed E-state index contributed by atoms with van der Waals surface area (Å²) in [5, 5.41) is 6.79. The van der Waals surface area contributed by atoms with Gasteiger partial charge in [0.15, 0.2) is 5.52 Å². The van der Waals surface area contributed by atoms with Crippen molar-refractivity contribution in [2.24, 2.45) is 0 Å². The van der Waals surface area contributed by atoms with Gasteiger partial charge in [-0.2, -0.15) is 26.3 Å².